The highest BCUT2D eigenvalue weighted by atomic mass is 16.4. The first-order valence-corrected chi connectivity index (χ1v) is 4.38. The Morgan fingerprint density at radius 1 is 1.07 bits per heavy atom. The molecule has 0 fully saturated rings. The first kappa shape index (κ1) is 12.7. The first-order chi connectivity index (χ1) is 6.15. The lowest BCUT2D eigenvalue weighted by molar-refractivity contribution is -0.133. The zero-order valence-corrected chi connectivity index (χ0v) is 9.26. The fourth-order valence-corrected chi connectivity index (χ4v) is 0.765. The topological polar surface area (TPSA) is 66.4 Å². The van der Waals surface area contributed by atoms with Crippen LogP contribution in [-0.4, -0.2) is 22.5 Å². The molecule has 4 heteroatoms. The molecular formula is C10H17NO3. The predicted octanol–water partition coefficient (Wildman–Crippen LogP) is 1.32. The summed E-state index contributed by atoms with van der Waals surface area (Å²) in [4.78, 5) is 22.0. The molecule has 0 aliphatic carbocycles. The van der Waals surface area contributed by atoms with Crippen molar-refractivity contribution in [2.45, 2.75) is 40.2 Å². The van der Waals surface area contributed by atoms with Crippen molar-refractivity contribution < 1.29 is 14.7 Å². The van der Waals surface area contributed by atoms with E-state index in [4.69, 9.17) is 5.11 Å². The second-order valence-electron chi connectivity index (χ2n) is 4.26. The molecule has 1 amide bonds. The van der Waals surface area contributed by atoms with E-state index in [9.17, 15) is 9.59 Å². The largest absolute Gasteiger partial charge is 0.478 e. The van der Waals surface area contributed by atoms with Gasteiger partial charge in [0.2, 0.25) is 5.91 Å². The molecule has 80 valence electrons. The molecule has 0 atom stereocenters. The van der Waals surface area contributed by atoms with Gasteiger partial charge in [0.25, 0.3) is 0 Å². The molecule has 14 heavy (non-hydrogen) atoms. The van der Waals surface area contributed by atoms with Crippen molar-refractivity contribution in [3.05, 3.63) is 11.1 Å². The molecule has 0 saturated heterocycles. The molecule has 4 nitrogen and oxygen atoms in total. The van der Waals surface area contributed by atoms with Gasteiger partial charge in [-0.05, 0) is 34.6 Å². The van der Waals surface area contributed by atoms with E-state index in [0.717, 1.165) is 0 Å². The highest BCUT2D eigenvalue weighted by molar-refractivity contribution is 6.01. The average molecular weight is 199 g/mol. The van der Waals surface area contributed by atoms with Crippen molar-refractivity contribution >= 4 is 11.9 Å². The van der Waals surface area contributed by atoms with E-state index in [-0.39, 0.29) is 22.6 Å². The van der Waals surface area contributed by atoms with Crippen LogP contribution in [-0.2, 0) is 9.59 Å². The summed E-state index contributed by atoms with van der Waals surface area (Å²) >= 11 is 0. The van der Waals surface area contributed by atoms with Gasteiger partial charge in [-0.3, -0.25) is 4.79 Å². The summed E-state index contributed by atoms with van der Waals surface area (Å²) < 4.78 is 0. The van der Waals surface area contributed by atoms with Crippen LogP contribution >= 0.6 is 0 Å². The molecule has 0 saturated carbocycles. The van der Waals surface area contributed by atoms with Crippen molar-refractivity contribution in [3.8, 4) is 0 Å². The Hall–Kier alpha value is -1.32. The molecule has 0 rings (SSSR count). The van der Waals surface area contributed by atoms with E-state index in [0.29, 0.717) is 0 Å². The molecule has 0 spiro atoms. The maximum atomic E-state index is 11.5. The quantitative estimate of drug-likeness (QED) is 0.659. The van der Waals surface area contributed by atoms with Crippen LogP contribution in [0.2, 0.25) is 0 Å². The van der Waals surface area contributed by atoms with Crippen LogP contribution in [0.5, 0.6) is 0 Å². The molecule has 0 aliphatic heterocycles. The first-order valence-electron chi connectivity index (χ1n) is 4.38. The minimum absolute atomic E-state index is 0.0757. The van der Waals surface area contributed by atoms with Crippen molar-refractivity contribution in [2.75, 3.05) is 0 Å². The van der Waals surface area contributed by atoms with Crippen LogP contribution in [0.25, 0.3) is 0 Å². The van der Waals surface area contributed by atoms with Gasteiger partial charge < -0.3 is 10.4 Å². The van der Waals surface area contributed by atoms with Crippen molar-refractivity contribution in [1.82, 2.24) is 5.32 Å². The third-order valence-electron chi connectivity index (χ3n) is 1.71. The highest BCUT2D eigenvalue weighted by Crippen LogP contribution is 2.06. The van der Waals surface area contributed by atoms with Gasteiger partial charge in [0, 0.05) is 16.7 Å². The monoisotopic (exact) mass is 199 g/mol. The van der Waals surface area contributed by atoms with Gasteiger partial charge in [-0.1, -0.05) is 0 Å². The van der Waals surface area contributed by atoms with Crippen molar-refractivity contribution in [3.63, 3.8) is 0 Å². The Kier molecular flexibility index (Phi) is 3.86. The van der Waals surface area contributed by atoms with E-state index in [1.807, 2.05) is 20.8 Å². The molecule has 0 radical (unpaired) electrons. The summed E-state index contributed by atoms with van der Waals surface area (Å²) in [6.07, 6.45) is 0. The highest BCUT2D eigenvalue weighted by Gasteiger charge is 2.17. The van der Waals surface area contributed by atoms with Gasteiger partial charge in [0.05, 0.1) is 0 Å². The fraction of sp³-hybridized carbons (Fsp3) is 0.600. The SMILES string of the molecule is C/C(C(=O)O)=C(\C)C(=O)NC(C)(C)C. The minimum atomic E-state index is -1.06. The van der Waals surface area contributed by atoms with E-state index in [1.165, 1.54) is 13.8 Å². The third-order valence-corrected chi connectivity index (χ3v) is 1.71. The third kappa shape index (κ3) is 4.07. The number of carboxylic acids is 1. The number of rotatable bonds is 2. The maximum absolute atomic E-state index is 11.5. The molecule has 0 aromatic heterocycles. The summed E-state index contributed by atoms with van der Waals surface area (Å²) in [5.41, 5.74) is -0.0314. The molecule has 0 unspecified atom stereocenters. The molecular weight excluding hydrogens is 182 g/mol. The molecule has 0 aromatic carbocycles. The lowest BCUT2D eigenvalue weighted by Crippen LogP contribution is -2.41. The minimum Gasteiger partial charge on any atom is -0.478 e. The van der Waals surface area contributed by atoms with E-state index < -0.39 is 5.97 Å². The van der Waals surface area contributed by atoms with Gasteiger partial charge in [0.1, 0.15) is 0 Å². The van der Waals surface area contributed by atoms with Gasteiger partial charge >= 0.3 is 5.97 Å². The summed E-state index contributed by atoms with van der Waals surface area (Å²) in [5.74, 6) is -1.40. The number of carbonyl (C=O) groups excluding carboxylic acids is 1. The van der Waals surface area contributed by atoms with Crippen LogP contribution in [0.3, 0.4) is 0 Å². The molecule has 0 aromatic rings. The van der Waals surface area contributed by atoms with Crippen LogP contribution in [0.4, 0.5) is 0 Å². The van der Waals surface area contributed by atoms with Gasteiger partial charge in [-0.25, -0.2) is 4.79 Å². The smallest absolute Gasteiger partial charge is 0.331 e. The zero-order valence-electron chi connectivity index (χ0n) is 9.26. The second kappa shape index (κ2) is 4.26. The molecule has 0 aliphatic rings. The molecule has 2 N–H and O–H groups in total. The van der Waals surface area contributed by atoms with Gasteiger partial charge in [-0.2, -0.15) is 0 Å². The summed E-state index contributed by atoms with van der Waals surface area (Å²) in [7, 11) is 0. The second-order valence-corrected chi connectivity index (χ2v) is 4.26. The normalized spacial score (nSPS) is 13.2. The van der Waals surface area contributed by atoms with E-state index in [2.05, 4.69) is 5.32 Å². The molecule has 0 heterocycles. The Labute approximate surface area is 84.0 Å². The van der Waals surface area contributed by atoms with Crippen molar-refractivity contribution in [1.29, 1.82) is 0 Å². The summed E-state index contributed by atoms with van der Waals surface area (Å²) in [5, 5.41) is 11.4. The van der Waals surface area contributed by atoms with Gasteiger partial charge in [-0.15, -0.1) is 0 Å². The number of amides is 1. The standard InChI is InChI=1S/C10H17NO3/c1-6(7(2)9(13)14)8(12)11-10(3,4)5/h1-5H3,(H,11,12)(H,13,14)/b7-6-. The lowest BCUT2D eigenvalue weighted by Gasteiger charge is -2.21. The average Bonchev–Trinajstić information content (AvgIpc) is 1.98. The fourth-order valence-electron chi connectivity index (χ4n) is 0.765. The number of carbonyl (C=O) groups is 2. The summed E-state index contributed by atoms with van der Waals surface area (Å²) in [6.45, 7) is 8.45. The van der Waals surface area contributed by atoms with Crippen LogP contribution in [0.15, 0.2) is 11.1 Å². The van der Waals surface area contributed by atoms with Crippen LogP contribution in [0.1, 0.15) is 34.6 Å². The van der Waals surface area contributed by atoms with E-state index >= 15 is 0 Å². The predicted molar refractivity (Wildman–Crippen MR) is 53.9 cm³/mol. The Morgan fingerprint density at radius 3 is 1.79 bits per heavy atom. The Morgan fingerprint density at radius 2 is 1.50 bits per heavy atom. The number of aliphatic carboxylic acids is 1. The zero-order chi connectivity index (χ0) is 11.5. The Balaban J connectivity index is 4.72. The maximum Gasteiger partial charge on any atom is 0.331 e. The van der Waals surface area contributed by atoms with Crippen LogP contribution in [0, 0.1) is 0 Å². The number of carboxylic acid groups (broad SMARTS) is 1. The van der Waals surface area contributed by atoms with Crippen molar-refractivity contribution in [2.24, 2.45) is 0 Å². The Bertz CT molecular complexity index is 284. The number of hydrogen-bond acceptors (Lipinski definition) is 2. The van der Waals surface area contributed by atoms with E-state index in [1.54, 1.807) is 0 Å². The number of nitrogens with one attached hydrogen (secondary N) is 1. The van der Waals surface area contributed by atoms with Crippen LogP contribution < -0.4 is 5.32 Å². The number of hydrogen-bond donors (Lipinski definition) is 2. The lowest BCUT2D eigenvalue weighted by atomic mass is 10.1. The summed E-state index contributed by atoms with van der Waals surface area (Å²) in [6, 6.07) is 0. The molecule has 0 bridgehead atoms. The van der Waals surface area contributed by atoms with Gasteiger partial charge in [0.15, 0.2) is 0 Å².